The van der Waals surface area contributed by atoms with Gasteiger partial charge in [0.1, 0.15) is 6.04 Å². The quantitative estimate of drug-likeness (QED) is 0.759. The fraction of sp³-hybridized carbons (Fsp3) is 0.350. The maximum Gasteiger partial charge on any atom is 0.320 e. The second kappa shape index (κ2) is 10.6. The van der Waals surface area contributed by atoms with Gasteiger partial charge in [-0.1, -0.05) is 74.5 Å². The molecule has 4 nitrogen and oxygen atoms in total. The van der Waals surface area contributed by atoms with Crippen LogP contribution in [0.25, 0.3) is 0 Å². The van der Waals surface area contributed by atoms with Gasteiger partial charge in [-0.25, -0.2) is 0 Å². The van der Waals surface area contributed by atoms with Crippen LogP contribution in [0, 0.1) is 5.92 Å². The van der Waals surface area contributed by atoms with E-state index in [1.54, 1.807) is 0 Å². The van der Waals surface area contributed by atoms with E-state index >= 15 is 0 Å². The van der Waals surface area contributed by atoms with E-state index in [0.717, 1.165) is 0 Å². The topological polar surface area (TPSA) is 75.4 Å². The summed E-state index contributed by atoms with van der Waals surface area (Å²) in [6.45, 7) is 3.89. The highest BCUT2D eigenvalue weighted by atomic mass is 16.4. The van der Waals surface area contributed by atoms with Crippen LogP contribution in [0.4, 0.5) is 0 Å². The van der Waals surface area contributed by atoms with Crippen LogP contribution >= 0.6 is 0 Å². The monoisotopic (exact) mass is 328 g/mol. The first-order valence-corrected chi connectivity index (χ1v) is 8.21. The third-order valence-electron chi connectivity index (χ3n) is 3.60. The van der Waals surface area contributed by atoms with E-state index in [4.69, 9.17) is 10.8 Å². The molecular weight excluding hydrogens is 300 g/mol. The van der Waals surface area contributed by atoms with Gasteiger partial charge in [0.15, 0.2) is 0 Å². The molecule has 0 bridgehead atoms. The van der Waals surface area contributed by atoms with Gasteiger partial charge in [-0.2, -0.15) is 0 Å². The van der Waals surface area contributed by atoms with Crippen LogP contribution in [0.2, 0.25) is 0 Å². The maximum atomic E-state index is 10.1. The summed E-state index contributed by atoms with van der Waals surface area (Å²) in [5.74, 6) is -0.556. The van der Waals surface area contributed by atoms with E-state index in [1.807, 2.05) is 33.0 Å². The third kappa shape index (κ3) is 6.94. The summed E-state index contributed by atoms with van der Waals surface area (Å²) in [5.41, 5.74) is 7.81. The zero-order valence-electron chi connectivity index (χ0n) is 14.6. The predicted octanol–water partition coefficient (Wildman–Crippen LogP) is 3.44. The van der Waals surface area contributed by atoms with Crippen molar-refractivity contribution in [3.63, 3.8) is 0 Å². The van der Waals surface area contributed by atoms with Crippen molar-refractivity contribution < 1.29 is 9.90 Å². The van der Waals surface area contributed by atoms with Gasteiger partial charge >= 0.3 is 5.97 Å². The average Bonchev–Trinajstić information content (AvgIpc) is 2.57. The molecule has 4 heteroatoms. The Bertz CT molecular complexity index is 546. The van der Waals surface area contributed by atoms with Crippen LogP contribution in [0.5, 0.6) is 0 Å². The van der Waals surface area contributed by atoms with Crippen LogP contribution < -0.4 is 11.1 Å². The number of benzene rings is 2. The van der Waals surface area contributed by atoms with Crippen molar-refractivity contribution in [3.05, 3.63) is 71.8 Å². The van der Waals surface area contributed by atoms with E-state index in [9.17, 15) is 4.79 Å². The number of nitrogens with one attached hydrogen (secondary N) is 1. The van der Waals surface area contributed by atoms with Gasteiger partial charge in [-0.05, 0) is 30.5 Å². The Morgan fingerprint density at radius 2 is 1.42 bits per heavy atom. The molecular formula is C20H28N2O2. The van der Waals surface area contributed by atoms with Gasteiger partial charge in [-0.3, -0.25) is 4.79 Å². The molecule has 0 aromatic heterocycles. The Hall–Kier alpha value is -2.17. The number of carbonyl (C=O) groups is 1. The molecule has 0 fully saturated rings. The molecule has 0 amide bonds. The van der Waals surface area contributed by atoms with Crippen molar-refractivity contribution in [1.82, 2.24) is 5.32 Å². The molecule has 0 saturated carbocycles. The highest BCUT2D eigenvalue weighted by molar-refractivity contribution is 5.72. The zero-order chi connectivity index (χ0) is 17.9. The lowest BCUT2D eigenvalue weighted by molar-refractivity contribution is -0.138. The molecule has 0 aliphatic heterocycles. The molecule has 0 heterocycles. The molecule has 2 aromatic carbocycles. The fourth-order valence-electron chi connectivity index (χ4n) is 2.43. The summed E-state index contributed by atoms with van der Waals surface area (Å²) in [5, 5.41) is 11.6. The lowest BCUT2D eigenvalue weighted by atomic mass is 9.99. The first-order valence-electron chi connectivity index (χ1n) is 8.21. The molecule has 1 atom stereocenters. The van der Waals surface area contributed by atoms with E-state index in [1.165, 1.54) is 11.1 Å². The van der Waals surface area contributed by atoms with Gasteiger partial charge in [-0.15, -0.1) is 0 Å². The van der Waals surface area contributed by atoms with Crippen molar-refractivity contribution in [2.45, 2.75) is 32.4 Å². The average molecular weight is 328 g/mol. The molecule has 0 aliphatic carbocycles. The van der Waals surface area contributed by atoms with Crippen molar-refractivity contribution in [3.8, 4) is 0 Å². The summed E-state index contributed by atoms with van der Waals surface area (Å²) in [4.78, 5) is 10.1. The Morgan fingerprint density at radius 3 is 1.67 bits per heavy atom. The molecule has 0 aliphatic rings. The number of hydrogen-bond acceptors (Lipinski definition) is 3. The van der Waals surface area contributed by atoms with Crippen molar-refractivity contribution in [2.24, 2.45) is 11.7 Å². The summed E-state index contributed by atoms with van der Waals surface area (Å²) in [6, 6.07) is 20.6. The first kappa shape index (κ1) is 19.9. The van der Waals surface area contributed by atoms with Gasteiger partial charge in [0.05, 0.1) is 6.04 Å². The minimum atomic E-state index is -0.913. The number of rotatable bonds is 6. The Morgan fingerprint density at radius 1 is 1.00 bits per heavy atom. The summed E-state index contributed by atoms with van der Waals surface area (Å²) in [6.07, 6.45) is 0.551. The first-order chi connectivity index (χ1) is 11.5. The Labute approximate surface area is 144 Å². The molecule has 0 unspecified atom stereocenters. The zero-order valence-corrected chi connectivity index (χ0v) is 14.6. The van der Waals surface area contributed by atoms with E-state index in [0.29, 0.717) is 12.3 Å². The van der Waals surface area contributed by atoms with Crippen LogP contribution in [0.15, 0.2) is 60.7 Å². The predicted molar refractivity (Wildman–Crippen MR) is 98.9 cm³/mol. The van der Waals surface area contributed by atoms with Crippen LogP contribution in [0.1, 0.15) is 37.4 Å². The number of carboxylic acid groups (broad SMARTS) is 1. The van der Waals surface area contributed by atoms with Crippen LogP contribution in [-0.4, -0.2) is 24.2 Å². The molecule has 130 valence electrons. The fourth-order valence-corrected chi connectivity index (χ4v) is 2.43. The van der Waals surface area contributed by atoms with Gasteiger partial charge in [0.25, 0.3) is 0 Å². The van der Waals surface area contributed by atoms with Crippen LogP contribution in [-0.2, 0) is 4.79 Å². The lowest BCUT2D eigenvalue weighted by Gasteiger charge is -2.16. The minimum absolute atomic E-state index is 0.285. The van der Waals surface area contributed by atoms with Crippen LogP contribution in [0.3, 0.4) is 0 Å². The van der Waals surface area contributed by atoms with Gasteiger partial charge in [0.2, 0.25) is 0 Å². The van der Waals surface area contributed by atoms with E-state index < -0.39 is 12.0 Å². The van der Waals surface area contributed by atoms with Gasteiger partial charge in [0, 0.05) is 0 Å². The van der Waals surface area contributed by atoms with Crippen molar-refractivity contribution in [1.29, 1.82) is 0 Å². The standard InChI is InChI=1S/C14H15N.C6H13NO2/c1-15-14(12-8-4-2-5-9-12)13-10-6-3-7-11-13;1-4(2)3-5(7)6(8)9/h2-11,14-15H,1H3;4-5H,3,7H2,1-2H3,(H,8,9)/t;5-/m.0/s1. The summed E-state index contributed by atoms with van der Waals surface area (Å²) >= 11 is 0. The SMILES string of the molecule is CC(C)C[C@H](N)C(=O)O.CNC(c1ccccc1)c1ccccc1. The lowest BCUT2D eigenvalue weighted by Crippen LogP contribution is -2.31. The molecule has 24 heavy (non-hydrogen) atoms. The normalized spacial score (nSPS) is 11.8. The molecule has 2 aromatic rings. The molecule has 0 saturated heterocycles. The molecule has 4 N–H and O–H groups in total. The van der Waals surface area contributed by atoms with E-state index in [2.05, 4.69) is 53.8 Å². The molecule has 2 rings (SSSR count). The highest BCUT2D eigenvalue weighted by Gasteiger charge is 2.12. The molecule has 0 spiro atoms. The Kier molecular flexibility index (Phi) is 8.76. The number of hydrogen-bond donors (Lipinski definition) is 3. The second-order valence-electron chi connectivity index (χ2n) is 6.12. The molecule has 0 radical (unpaired) electrons. The number of aliphatic carboxylic acids is 1. The smallest absolute Gasteiger partial charge is 0.320 e. The van der Waals surface area contributed by atoms with E-state index in [-0.39, 0.29) is 6.04 Å². The number of nitrogens with two attached hydrogens (primary N) is 1. The summed E-state index contributed by atoms with van der Waals surface area (Å²) < 4.78 is 0. The third-order valence-corrected chi connectivity index (χ3v) is 3.60. The summed E-state index contributed by atoms with van der Waals surface area (Å²) in [7, 11) is 1.99. The van der Waals surface area contributed by atoms with Crippen molar-refractivity contribution >= 4 is 5.97 Å². The van der Waals surface area contributed by atoms with Gasteiger partial charge < -0.3 is 16.2 Å². The number of carboxylic acids is 1. The Balaban J connectivity index is 0.000000277. The minimum Gasteiger partial charge on any atom is -0.480 e. The maximum absolute atomic E-state index is 10.1. The highest BCUT2D eigenvalue weighted by Crippen LogP contribution is 2.20. The van der Waals surface area contributed by atoms with Crippen molar-refractivity contribution in [2.75, 3.05) is 7.05 Å². The second-order valence-corrected chi connectivity index (χ2v) is 6.12. The largest absolute Gasteiger partial charge is 0.480 e.